The van der Waals surface area contributed by atoms with Crippen LogP contribution in [-0.2, 0) is 24.1 Å². The number of fused-ring (bicyclic) bond motifs is 1. The van der Waals surface area contributed by atoms with Gasteiger partial charge in [-0.25, -0.2) is 0 Å². The summed E-state index contributed by atoms with van der Waals surface area (Å²) in [6.45, 7) is 6.85. The molecule has 1 aliphatic carbocycles. The van der Waals surface area contributed by atoms with Crippen molar-refractivity contribution in [2.75, 3.05) is 32.8 Å². The number of aromatic nitrogens is 2. The highest BCUT2D eigenvalue weighted by Crippen LogP contribution is 2.28. The monoisotopic (exact) mass is 368 g/mol. The smallest absolute Gasteiger partial charge is 0.272 e. The van der Waals surface area contributed by atoms with Gasteiger partial charge in [-0.1, -0.05) is 30.3 Å². The summed E-state index contributed by atoms with van der Waals surface area (Å²) in [5, 5.41) is 7.68. The first-order chi connectivity index (χ1) is 13.3. The van der Waals surface area contributed by atoms with Gasteiger partial charge in [0, 0.05) is 36.9 Å². The molecular formula is C21H28N4O2. The number of benzene rings is 1. The van der Waals surface area contributed by atoms with E-state index < -0.39 is 0 Å². The van der Waals surface area contributed by atoms with E-state index in [1.807, 2.05) is 29.8 Å². The van der Waals surface area contributed by atoms with Gasteiger partial charge < -0.3 is 10.1 Å². The molecule has 2 aliphatic rings. The molecule has 1 atom stereocenters. The van der Waals surface area contributed by atoms with Crippen molar-refractivity contribution in [2.45, 2.75) is 38.8 Å². The summed E-state index contributed by atoms with van der Waals surface area (Å²) in [4.78, 5) is 15.2. The maximum Gasteiger partial charge on any atom is 0.272 e. The molecule has 4 rings (SSSR count). The van der Waals surface area contributed by atoms with Crippen LogP contribution in [0.3, 0.4) is 0 Å². The molecule has 0 saturated carbocycles. The van der Waals surface area contributed by atoms with Gasteiger partial charge in [-0.05, 0) is 31.7 Å². The number of carbonyl (C=O) groups excluding carboxylic acids is 1. The first kappa shape index (κ1) is 18.2. The van der Waals surface area contributed by atoms with Crippen LogP contribution in [0.4, 0.5) is 0 Å². The molecule has 6 nitrogen and oxygen atoms in total. The Labute approximate surface area is 160 Å². The lowest BCUT2D eigenvalue weighted by molar-refractivity contribution is 0.0135. The first-order valence-electron chi connectivity index (χ1n) is 9.98. The second-order valence-corrected chi connectivity index (χ2v) is 7.32. The van der Waals surface area contributed by atoms with E-state index in [-0.39, 0.29) is 5.91 Å². The fraction of sp³-hybridized carbons (Fsp3) is 0.524. The second kappa shape index (κ2) is 8.23. The van der Waals surface area contributed by atoms with Crippen LogP contribution in [0.1, 0.15) is 40.7 Å². The Morgan fingerprint density at radius 2 is 2.04 bits per heavy atom. The van der Waals surface area contributed by atoms with Crippen LogP contribution in [0.2, 0.25) is 0 Å². The Balaban J connectivity index is 1.62. The number of hydrogen-bond acceptors (Lipinski definition) is 4. The Hall–Kier alpha value is -2.18. The number of ether oxygens (including phenoxy) is 1. The van der Waals surface area contributed by atoms with Crippen molar-refractivity contribution in [1.82, 2.24) is 20.0 Å². The van der Waals surface area contributed by atoms with Crippen molar-refractivity contribution < 1.29 is 9.53 Å². The predicted molar refractivity (Wildman–Crippen MR) is 104 cm³/mol. The molecule has 1 saturated heterocycles. The highest BCUT2D eigenvalue weighted by atomic mass is 16.5. The van der Waals surface area contributed by atoms with Crippen LogP contribution in [0.25, 0.3) is 0 Å². The molecule has 0 spiro atoms. The minimum atomic E-state index is -0.0526. The molecule has 6 heteroatoms. The Kier molecular flexibility index (Phi) is 5.55. The van der Waals surface area contributed by atoms with Crippen LogP contribution in [0.15, 0.2) is 30.3 Å². The van der Waals surface area contributed by atoms with Gasteiger partial charge in [-0.2, -0.15) is 5.10 Å². The standard InChI is InChI=1S/C21H28N4O2/c1-2-22-21(26)20-18-14-17(24-10-12-27-13-11-24)8-9-19(18)25(23-20)15-16-6-4-3-5-7-16/h3-7,17H,2,8-15H2,1H3,(H,22,26). The number of carbonyl (C=O) groups is 1. The van der Waals surface area contributed by atoms with Gasteiger partial charge in [0.15, 0.2) is 5.69 Å². The topological polar surface area (TPSA) is 59.4 Å². The molecule has 144 valence electrons. The van der Waals surface area contributed by atoms with E-state index in [2.05, 4.69) is 22.3 Å². The van der Waals surface area contributed by atoms with E-state index in [1.165, 1.54) is 11.3 Å². The summed E-state index contributed by atoms with van der Waals surface area (Å²) in [6, 6.07) is 10.8. The highest BCUT2D eigenvalue weighted by Gasteiger charge is 2.32. The fourth-order valence-electron chi connectivity index (χ4n) is 4.24. The number of hydrogen-bond donors (Lipinski definition) is 1. The van der Waals surface area contributed by atoms with E-state index in [4.69, 9.17) is 9.84 Å². The molecule has 1 fully saturated rings. The van der Waals surface area contributed by atoms with E-state index in [9.17, 15) is 4.79 Å². The van der Waals surface area contributed by atoms with E-state index in [1.54, 1.807) is 0 Å². The van der Waals surface area contributed by atoms with Crippen molar-refractivity contribution in [3.05, 3.63) is 52.8 Å². The number of nitrogens with zero attached hydrogens (tertiary/aromatic N) is 3. The molecule has 27 heavy (non-hydrogen) atoms. The van der Waals surface area contributed by atoms with E-state index >= 15 is 0 Å². The Bertz CT molecular complexity index is 781. The molecule has 1 N–H and O–H groups in total. The number of nitrogens with one attached hydrogen (secondary N) is 1. The van der Waals surface area contributed by atoms with Crippen molar-refractivity contribution in [3.8, 4) is 0 Å². The molecule has 2 aromatic rings. The average molecular weight is 368 g/mol. The summed E-state index contributed by atoms with van der Waals surface area (Å²) in [5.41, 5.74) is 4.19. The minimum absolute atomic E-state index is 0.0526. The molecule has 0 radical (unpaired) electrons. The number of morpholine rings is 1. The van der Waals surface area contributed by atoms with Gasteiger partial charge in [0.1, 0.15) is 0 Å². The molecule has 0 bridgehead atoms. The molecule has 1 aromatic carbocycles. The van der Waals surface area contributed by atoms with Crippen molar-refractivity contribution >= 4 is 5.91 Å². The normalized spacial score (nSPS) is 20.3. The van der Waals surface area contributed by atoms with Gasteiger partial charge in [0.25, 0.3) is 5.91 Å². The second-order valence-electron chi connectivity index (χ2n) is 7.32. The maximum atomic E-state index is 12.6. The summed E-state index contributed by atoms with van der Waals surface area (Å²) >= 11 is 0. The zero-order chi connectivity index (χ0) is 18.6. The summed E-state index contributed by atoms with van der Waals surface area (Å²) in [6.07, 6.45) is 2.98. The molecule has 1 aromatic heterocycles. The molecular weight excluding hydrogens is 340 g/mol. The quantitative estimate of drug-likeness (QED) is 0.875. The van der Waals surface area contributed by atoms with Gasteiger partial charge in [-0.15, -0.1) is 0 Å². The lowest BCUT2D eigenvalue weighted by atomic mass is 9.90. The summed E-state index contributed by atoms with van der Waals surface area (Å²) in [5.74, 6) is -0.0526. The largest absolute Gasteiger partial charge is 0.379 e. The Morgan fingerprint density at radius 1 is 1.26 bits per heavy atom. The van der Waals surface area contributed by atoms with Crippen molar-refractivity contribution in [2.24, 2.45) is 0 Å². The SMILES string of the molecule is CCNC(=O)c1nn(Cc2ccccc2)c2c1CC(N1CCOCC1)CC2. The molecule has 1 amide bonds. The van der Waals surface area contributed by atoms with Crippen molar-refractivity contribution in [1.29, 1.82) is 0 Å². The van der Waals surface area contributed by atoms with Gasteiger partial charge >= 0.3 is 0 Å². The number of rotatable bonds is 5. The van der Waals surface area contributed by atoms with Crippen LogP contribution in [-0.4, -0.2) is 59.5 Å². The molecule has 1 aliphatic heterocycles. The van der Waals surface area contributed by atoms with Crippen molar-refractivity contribution in [3.63, 3.8) is 0 Å². The van der Waals surface area contributed by atoms with Crippen LogP contribution in [0.5, 0.6) is 0 Å². The third-order valence-corrected chi connectivity index (χ3v) is 5.61. The lowest BCUT2D eigenvalue weighted by Gasteiger charge is -2.36. The van der Waals surface area contributed by atoms with Crippen LogP contribution in [0, 0.1) is 0 Å². The average Bonchev–Trinajstić information content (AvgIpc) is 3.07. The molecule has 1 unspecified atom stereocenters. The minimum Gasteiger partial charge on any atom is -0.379 e. The van der Waals surface area contributed by atoms with Gasteiger partial charge in [-0.3, -0.25) is 14.4 Å². The van der Waals surface area contributed by atoms with E-state index in [0.29, 0.717) is 24.8 Å². The lowest BCUT2D eigenvalue weighted by Crippen LogP contribution is -2.46. The third-order valence-electron chi connectivity index (χ3n) is 5.61. The van der Waals surface area contributed by atoms with E-state index in [0.717, 1.165) is 51.1 Å². The Morgan fingerprint density at radius 3 is 2.78 bits per heavy atom. The zero-order valence-corrected chi connectivity index (χ0v) is 16.0. The first-order valence-corrected chi connectivity index (χ1v) is 9.98. The third kappa shape index (κ3) is 3.92. The van der Waals surface area contributed by atoms with Crippen LogP contribution >= 0.6 is 0 Å². The van der Waals surface area contributed by atoms with Gasteiger partial charge in [0.05, 0.1) is 19.8 Å². The summed E-state index contributed by atoms with van der Waals surface area (Å²) in [7, 11) is 0. The van der Waals surface area contributed by atoms with Crippen LogP contribution < -0.4 is 5.32 Å². The molecule has 2 heterocycles. The van der Waals surface area contributed by atoms with Gasteiger partial charge in [0.2, 0.25) is 0 Å². The number of amides is 1. The summed E-state index contributed by atoms with van der Waals surface area (Å²) < 4.78 is 7.55. The maximum absolute atomic E-state index is 12.6. The predicted octanol–water partition coefficient (Wildman–Crippen LogP) is 1.87. The zero-order valence-electron chi connectivity index (χ0n) is 16.0. The fourth-order valence-corrected chi connectivity index (χ4v) is 4.24. The highest BCUT2D eigenvalue weighted by molar-refractivity contribution is 5.94.